The highest BCUT2D eigenvalue weighted by Gasteiger charge is 2.46. The van der Waals surface area contributed by atoms with Gasteiger partial charge in [-0.1, -0.05) is 36.8 Å². The van der Waals surface area contributed by atoms with Crippen LogP contribution in [0.2, 0.25) is 5.15 Å². The van der Waals surface area contributed by atoms with Gasteiger partial charge in [-0.25, -0.2) is 15.0 Å². The Balaban J connectivity index is 1.34. The highest BCUT2D eigenvalue weighted by Crippen LogP contribution is 2.44. The van der Waals surface area contributed by atoms with Gasteiger partial charge in [0.25, 0.3) is 5.19 Å². The van der Waals surface area contributed by atoms with Crippen molar-refractivity contribution in [1.82, 2.24) is 30.6 Å². The molecule has 0 radical (unpaired) electrons. The second-order valence-corrected chi connectivity index (χ2v) is 10.0. The summed E-state index contributed by atoms with van der Waals surface area (Å²) in [5.74, 6) is 1.73. The average Bonchev–Trinajstić information content (AvgIpc) is 3.49. The van der Waals surface area contributed by atoms with E-state index in [0.29, 0.717) is 28.8 Å². The third-order valence-electron chi connectivity index (χ3n) is 6.51. The van der Waals surface area contributed by atoms with Crippen LogP contribution in [0.5, 0.6) is 5.19 Å². The Kier molecular flexibility index (Phi) is 6.27. The third kappa shape index (κ3) is 4.45. The Morgan fingerprint density at radius 2 is 2.15 bits per heavy atom. The van der Waals surface area contributed by atoms with Crippen LogP contribution in [-0.4, -0.2) is 45.0 Å². The predicted octanol–water partition coefficient (Wildman–Crippen LogP) is 4.76. The quantitative estimate of drug-likeness (QED) is 0.375. The summed E-state index contributed by atoms with van der Waals surface area (Å²) < 4.78 is 11.7. The summed E-state index contributed by atoms with van der Waals surface area (Å²) in [5.41, 5.74) is 2.39. The Bertz CT molecular complexity index is 1210. The van der Waals surface area contributed by atoms with Crippen LogP contribution >= 0.6 is 22.9 Å². The van der Waals surface area contributed by atoms with Crippen molar-refractivity contribution in [1.29, 1.82) is 0 Å². The molecule has 8 nitrogen and oxygen atoms in total. The molecule has 2 unspecified atom stereocenters. The lowest BCUT2D eigenvalue weighted by Gasteiger charge is -2.44. The zero-order chi connectivity index (χ0) is 22.8. The number of pyridine rings is 2. The minimum absolute atomic E-state index is 0.160. The maximum Gasteiger partial charge on any atom is 0.275 e. The van der Waals surface area contributed by atoms with Gasteiger partial charge in [-0.15, -0.1) is 5.10 Å². The van der Waals surface area contributed by atoms with Gasteiger partial charge in [0.1, 0.15) is 15.5 Å². The molecule has 0 bridgehead atoms. The molecule has 10 heteroatoms. The van der Waals surface area contributed by atoms with Gasteiger partial charge in [-0.3, -0.25) is 0 Å². The van der Waals surface area contributed by atoms with E-state index in [0.717, 1.165) is 53.3 Å². The van der Waals surface area contributed by atoms with Crippen molar-refractivity contribution in [2.24, 2.45) is 11.8 Å². The SMILES string of the molecule is CC(C)C1CNCCC1(CCOc1nc2ccc(-c3ccc(Cl)nc3)nc2s1)c1cnno1. The number of rotatable bonds is 7. The van der Waals surface area contributed by atoms with Crippen molar-refractivity contribution in [3.63, 3.8) is 0 Å². The van der Waals surface area contributed by atoms with Crippen molar-refractivity contribution < 1.29 is 9.26 Å². The average molecular weight is 485 g/mol. The van der Waals surface area contributed by atoms with Crippen molar-refractivity contribution in [2.75, 3.05) is 19.7 Å². The molecule has 1 aliphatic heterocycles. The van der Waals surface area contributed by atoms with Gasteiger partial charge in [-0.05, 0) is 62.0 Å². The van der Waals surface area contributed by atoms with Crippen LogP contribution in [0, 0.1) is 11.8 Å². The van der Waals surface area contributed by atoms with Gasteiger partial charge in [0.15, 0.2) is 5.76 Å². The fourth-order valence-corrected chi connectivity index (χ4v) is 5.74. The summed E-state index contributed by atoms with van der Waals surface area (Å²) in [7, 11) is 0. The number of hydrogen-bond donors (Lipinski definition) is 1. The molecule has 0 spiro atoms. The van der Waals surface area contributed by atoms with E-state index in [1.807, 2.05) is 18.2 Å². The van der Waals surface area contributed by atoms with Gasteiger partial charge in [-0.2, -0.15) is 0 Å². The van der Waals surface area contributed by atoms with E-state index in [4.69, 9.17) is 25.8 Å². The maximum absolute atomic E-state index is 6.14. The van der Waals surface area contributed by atoms with E-state index in [1.54, 1.807) is 18.5 Å². The fourth-order valence-electron chi connectivity index (χ4n) is 4.82. The highest BCUT2D eigenvalue weighted by molar-refractivity contribution is 7.19. The fraction of sp³-hybridized carbons (Fsp3) is 0.435. The van der Waals surface area contributed by atoms with Gasteiger partial charge >= 0.3 is 0 Å². The van der Waals surface area contributed by atoms with E-state index >= 15 is 0 Å². The molecule has 1 aliphatic rings. The maximum atomic E-state index is 6.14. The summed E-state index contributed by atoms with van der Waals surface area (Å²) in [6.45, 7) is 6.90. The lowest BCUT2D eigenvalue weighted by Crippen LogP contribution is -2.50. The molecule has 1 N–H and O–H groups in total. The summed E-state index contributed by atoms with van der Waals surface area (Å²) in [6, 6.07) is 7.56. The van der Waals surface area contributed by atoms with Crippen molar-refractivity contribution >= 4 is 33.3 Å². The van der Waals surface area contributed by atoms with Crippen LogP contribution in [-0.2, 0) is 5.41 Å². The molecule has 1 fully saturated rings. The van der Waals surface area contributed by atoms with E-state index in [-0.39, 0.29) is 5.41 Å². The second kappa shape index (κ2) is 9.32. The summed E-state index contributed by atoms with van der Waals surface area (Å²) in [4.78, 5) is 14.3. The number of thiazole rings is 1. The van der Waals surface area contributed by atoms with Crippen LogP contribution in [0.3, 0.4) is 0 Å². The van der Waals surface area contributed by atoms with Gasteiger partial charge in [0.05, 0.1) is 18.5 Å². The molecule has 5 heterocycles. The number of hydrogen-bond acceptors (Lipinski definition) is 9. The largest absolute Gasteiger partial charge is 0.470 e. The zero-order valence-corrected chi connectivity index (χ0v) is 20.1. The van der Waals surface area contributed by atoms with Gasteiger partial charge in [0, 0.05) is 22.4 Å². The first kappa shape index (κ1) is 22.2. The molecule has 0 aromatic carbocycles. The molecule has 5 rings (SSSR count). The summed E-state index contributed by atoms with van der Waals surface area (Å²) in [5, 5.41) is 12.3. The van der Waals surface area contributed by atoms with E-state index in [1.165, 1.54) is 11.3 Å². The molecule has 0 amide bonds. The molecule has 4 aromatic heterocycles. The molecular formula is C23H25ClN6O2S. The molecule has 0 aliphatic carbocycles. The molecule has 0 saturated carbocycles. The van der Waals surface area contributed by atoms with E-state index < -0.39 is 0 Å². The number of ether oxygens (including phenoxy) is 1. The molecule has 1 saturated heterocycles. The number of piperidine rings is 1. The lowest BCUT2D eigenvalue weighted by atomic mass is 9.63. The number of nitrogens with one attached hydrogen (secondary N) is 1. The molecular weight excluding hydrogens is 460 g/mol. The highest BCUT2D eigenvalue weighted by atomic mass is 35.5. The molecule has 4 aromatic rings. The first-order valence-electron chi connectivity index (χ1n) is 11.1. The molecule has 2 atom stereocenters. The standard InChI is InChI=1S/C23H25ClN6O2S/c1-14(2)16-12-25-9-7-23(16,19-13-27-30-32-19)8-10-31-22-29-18-5-4-17(28-21(18)33-22)15-3-6-20(24)26-11-15/h3-6,11,13-14,16,25H,7-10,12H2,1-2H3. The van der Waals surface area contributed by atoms with Gasteiger partial charge in [0.2, 0.25) is 0 Å². The Morgan fingerprint density at radius 3 is 2.91 bits per heavy atom. The van der Waals surface area contributed by atoms with E-state index in [9.17, 15) is 0 Å². The summed E-state index contributed by atoms with van der Waals surface area (Å²) in [6.07, 6.45) is 5.24. The van der Waals surface area contributed by atoms with Crippen molar-refractivity contribution in [3.05, 3.63) is 47.6 Å². The van der Waals surface area contributed by atoms with Crippen LogP contribution < -0.4 is 10.1 Å². The topological polar surface area (TPSA) is 98.8 Å². The molecule has 33 heavy (non-hydrogen) atoms. The van der Waals surface area contributed by atoms with E-state index in [2.05, 4.69) is 39.5 Å². The first-order valence-corrected chi connectivity index (χ1v) is 12.3. The number of halogens is 1. The molecule has 172 valence electrons. The third-order valence-corrected chi connectivity index (χ3v) is 7.61. The first-order chi connectivity index (χ1) is 16.0. The van der Waals surface area contributed by atoms with Crippen LogP contribution in [0.1, 0.15) is 32.4 Å². The number of fused-ring (bicyclic) bond motifs is 1. The number of aromatic nitrogens is 5. The minimum Gasteiger partial charge on any atom is -0.470 e. The van der Waals surface area contributed by atoms with Crippen molar-refractivity contribution in [2.45, 2.75) is 32.1 Å². The normalized spacial score (nSPS) is 21.0. The Morgan fingerprint density at radius 1 is 1.24 bits per heavy atom. The second-order valence-electron chi connectivity index (χ2n) is 8.71. The smallest absolute Gasteiger partial charge is 0.275 e. The van der Waals surface area contributed by atoms with Gasteiger partial charge < -0.3 is 14.6 Å². The van der Waals surface area contributed by atoms with Crippen LogP contribution in [0.15, 0.2) is 41.2 Å². The monoisotopic (exact) mass is 484 g/mol. The lowest BCUT2D eigenvalue weighted by molar-refractivity contribution is 0.0902. The summed E-state index contributed by atoms with van der Waals surface area (Å²) >= 11 is 7.35. The number of nitrogens with zero attached hydrogens (tertiary/aromatic N) is 5. The zero-order valence-electron chi connectivity index (χ0n) is 18.5. The van der Waals surface area contributed by atoms with Crippen LogP contribution in [0.4, 0.5) is 0 Å². The predicted molar refractivity (Wildman–Crippen MR) is 128 cm³/mol. The van der Waals surface area contributed by atoms with Crippen molar-refractivity contribution in [3.8, 4) is 16.5 Å². The minimum atomic E-state index is -0.160. The Labute approximate surface area is 200 Å². The van der Waals surface area contributed by atoms with Crippen LogP contribution in [0.25, 0.3) is 21.6 Å². The Hall–Kier alpha value is -2.62.